The summed E-state index contributed by atoms with van der Waals surface area (Å²) in [4.78, 5) is 36.3. The van der Waals surface area contributed by atoms with E-state index in [2.05, 4.69) is 42.6 Å². The number of oxazole rings is 1. The van der Waals surface area contributed by atoms with E-state index in [4.69, 9.17) is 9.40 Å². The van der Waals surface area contributed by atoms with Gasteiger partial charge < -0.3 is 29.4 Å². The van der Waals surface area contributed by atoms with Crippen molar-refractivity contribution >= 4 is 28.4 Å². The third-order valence-electron chi connectivity index (χ3n) is 7.01. The second-order valence-corrected chi connectivity index (χ2v) is 10.1. The maximum atomic E-state index is 13.9. The van der Waals surface area contributed by atoms with E-state index in [0.29, 0.717) is 47.5 Å². The van der Waals surface area contributed by atoms with Crippen molar-refractivity contribution in [2.75, 3.05) is 57.0 Å². The van der Waals surface area contributed by atoms with Gasteiger partial charge >= 0.3 is 0 Å². The summed E-state index contributed by atoms with van der Waals surface area (Å²) in [5, 5.41) is 7.43. The molecular weight excluding hydrogens is 508 g/mol. The first-order valence-corrected chi connectivity index (χ1v) is 13.3. The molecule has 0 amide bonds. The molecule has 0 unspecified atom stereocenters. The minimum Gasteiger partial charge on any atom is -0.442 e. The van der Waals surface area contributed by atoms with Crippen molar-refractivity contribution in [3.05, 3.63) is 65.7 Å². The van der Waals surface area contributed by atoms with Gasteiger partial charge in [-0.25, -0.2) is 15.0 Å². The number of nitrogens with zero attached hydrogens (tertiary/aromatic N) is 8. The summed E-state index contributed by atoms with van der Waals surface area (Å²) in [6.07, 6.45) is 6.52. The summed E-state index contributed by atoms with van der Waals surface area (Å²) < 4.78 is 8.92. The third kappa shape index (κ3) is 5.18. The number of nitrogens with one attached hydrogen (secondary N) is 2. The van der Waals surface area contributed by atoms with Crippen LogP contribution in [0.5, 0.6) is 0 Å². The van der Waals surface area contributed by atoms with E-state index in [1.54, 1.807) is 17.0 Å². The van der Waals surface area contributed by atoms with Gasteiger partial charge in [0.1, 0.15) is 17.2 Å². The number of benzene rings is 1. The quantitative estimate of drug-likeness (QED) is 0.304. The average Bonchev–Trinajstić information content (AvgIpc) is 3.63. The van der Waals surface area contributed by atoms with Crippen molar-refractivity contribution in [2.24, 2.45) is 7.05 Å². The van der Waals surface area contributed by atoms with Crippen LogP contribution in [0.25, 0.3) is 33.9 Å². The number of fused-ring (bicyclic) bond motifs is 1. The van der Waals surface area contributed by atoms with Gasteiger partial charge in [-0.05, 0) is 44.4 Å². The Labute approximate surface area is 231 Å². The molecule has 1 saturated heterocycles. The molecule has 1 aromatic carbocycles. The van der Waals surface area contributed by atoms with Crippen LogP contribution in [0.4, 0.5) is 17.3 Å². The molecular formula is C28H32N10O2. The largest absolute Gasteiger partial charge is 0.442 e. The van der Waals surface area contributed by atoms with Crippen LogP contribution in [0, 0.1) is 0 Å². The van der Waals surface area contributed by atoms with Crippen molar-refractivity contribution in [2.45, 2.75) is 6.54 Å². The second-order valence-electron chi connectivity index (χ2n) is 10.1. The number of anilines is 3. The fourth-order valence-electron chi connectivity index (χ4n) is 4.87. The Morgan fingerprint density at radius 1 is 1.10 bits per heavy atom. The number of hydrogen-bond donors (Lipinski definition) is 2. The molecule has 0 spiro atoms. The summed E-state index contributed by atoms with van der Waals surface area (Å²) in [6.45, 7) is 5.10. The number of imidazole rings is 1. The third-order valence-corrected chi connectivity index (χ3v) is 7.01. The number of piperazine rings is 1. The molecule has 1 fully saturated rings. The molecule has 4 aromatic heterocycles. The second kappa shape index (κ2) is 10.9. The Balaban J connectivity index is 1.35. The fourth-order valence-corrected chi connectivity index (χ4v) is 4.87. The maximum absolute atomic E-state index is 13.9. The number of likely N-dealkylation sites (N-methyl/N-ethyl adjacent to an activating group) is 1. The molecule has 0 radical (unpaired) electrons. The molecule has 2 N–H and O–H groups in total. The van der Waals surface area contributed by atoms with Crippen molar-refractivity contribution in [1.82, 2.24) is 39.3 Å². The van der Waals surface area contributed by atoms with Crippen LogP contribution in [-0.4, -0.2) is 80.8 Å². The van der Waals surface area contributed by atoms with Crippen LogP contribution >= 0.6 is 0 Å². The number of hydrogen-bond acceptors (Lipinski definition) is 10. The minimum absolute atomic E-state index is 0.169. The van der Waals surface area contributed by atoms with Gasteiger partial charge in [0.15, 0.2) is 12.2 Å². The SMILES string of the molecule is CN(C)CCn1c(=O)c(-c2nc(-c3cnco3)cn2C)cc2cnc(Nc3ccc(N4CCNCC4)cc3)nc21. The van der Waals surface area contributed by atoms with Crippen molar-refractivity contribution in [3.63, 3.8) is 0 Å². The van der Waals surface area contributed by atoms with Gasteiger partial charge in [0, 0.05) is 75.5 Å². The Kier molecular flexibility index (Phi) is 7.01. The summed E-state index contributed by atoms with van der Waals surface area (Å²) in [5.41, 5.74) is 3.54. The van der Waals surface area contributed by atoms with Crippen LogP contribution in [-0.2, 0) is 13.6 Å². The van der Waals surface area contributed by atoms with Crippen molar-refractivity contribution in [3.8, 4) is 22.8 Å². The van der Waals surface area contributed by atoms with Gasteiger partial charge in [0.2, 0.25) is 5.95 Å². The Hall–Kier alpha value is -4.55. The summed E-state index contributed by atoms with van der Waals surface area (Å²) >= 11 is 0. The lowest BCUT2D eigenvalue weighted by Crippen LogP contribution is -2.43. The molecule has 0 atom stereocenters. The van der Waals surface area contributed by atoms with Gasteiger partial charge in [-0.1, -0.05) is 0 Å². The van der Waals surface area contributed by atoms with E-state index >= 15 is 0 Å². The van der Waals surface area contributed by atoms with Crippen LogP contribution in [0.15, 0.2) is 64.5 Å². The molecule has 12 nitrogen and oxygen atoms in total. The van der Waals surface area contributed by atoms with Gasteiger partial charge in [-0.2, -0.15) is 4.98 Å². The molecule has 0 aliphatic carbocycles. The van der Waals surface area contributed by atoms with Crippen LogP contribution in [0.2, 0.25) is 0 Å². The van der Waals surface area contributed by atoms with E-state index in [1.165, 1.54) is 12.1 Å². The van der Waals surface area contributed by atoms with Gasteiger partial charge in [0.25, 0.3) is 5.56 Å². The van der Waals surface area contributed by atoms with Crippen molar-refractivity contribution in [1.29, 1.82) is 0 Å². The van der Waals surface area contributed by atoms with Crippen LogP contribution in [0.1, 0.15) is 0 Å². The average molecular weight is 541 g/mol. The highest BCUT2D eigenvalue weighted by molar-refractivity contribution is 5.81. The van der Waals surface area contributed by atoms with E-state index in [0.717, 1.165) is 37.3 Å². The summed E-state index contributed by atoms with van der Waals surface area (Å²) in [7, 11) is 5.81. The topological polar surface area (TPSA) is 122 Å². The number of aryl methyl sites for hydroxylation is 1. The number of rotatable bonds is 8. The van der Waals surface area contributed by atoms with E-state index in [9.17, 15) is 4.79 Å². The first kappa shape index (κ1) is 25.7. The molecule has 40 heavy (non-hydrogen) atoms. The molecule has 5 heterocycles. The first-order valence-electron chi connectivity index (χ1n) is 13.3. The van der Waals surface area contributed by atoms with E-state index < -0.39 is 0 Å². The lowest BCUT2D eigenvalue weighted by atomic mass is 10.2. The number of pyridine rings is 1. The summed E-state index contributed by atoms with van der Waals surface area (Å²) in [6, 6.07) is 10.1. The molecule has 6 rings (SSSR count). The fraction of sp³-hybridized carbons (Fsp3) is 0.321. The lowest BCUT2D eigenvalue weighted by Gasteiger charge is -2.29. The molecule has 206 valence electrons. The molecule has 5 aromatic rings. The molecule has 0 bridgehead atoms. The minimum atomic E-state index is -0.169. The Bertz CT molecular complexity index is 1670. The zero-order chi connectivity index (χ0) is 27.6. The summed E-state index contributed by atoms with van der Waals surface area (Å²) in [5.74, 6) is 1.50. The maximum Gasteiger partial charge on any atom is 0.263 e. The highest BCUT2D eigenvalue weighted by Gasteiger charge is 2.19. The van der Waals surface area contributed by atoms with E-state index in [-0.39, 0.29) is 5.56 Å². The first-order chi connectivity index (χ1) is 19.5. The van der Waals surface area contributed by atoms with Gasteiger partial charge in [-0.3, -0.25) is 9.36 Å². The predicted octanol–water partition coefficient (Wildman–Crippen LogP) is 2.56. The molecule has 1 aliphatic rings. The highest BCUT2D eigenvalue weighted by atomic mass is 16.3. The Morgan fingerprint density at radius 2 is 1.90 bits per heavy atom. The lowest BCUT2D eigenvalue weighted by molar-refractivity contribution is 0.384. The van der Waals surface area contributed by atoms with Gasteiger partial charge in [-0.15, -0.1) is 0 Å². The van der Waals surface area contributed by atoms with E-state index in [1.807, 2.05) is 55.0 Å². The van der Waals surface area contributed by atoms with Crippen LogP contribution in [0.3, 0.4) is 0 Å². The van der Waals surface area contributed by atoms with Crippen molar-refractivity contribution < 1.29 is 4.42 Å². The molecule has 0 saturated carbocycles. The zero-order valence-corrected chi connectivity index (χ0v) is 22.8. The Morgan fingerprint density at radius 3 is 2.62 bits per heavy atom. The molecule has 12 heteroatoms. The number of aromatic nitrogens is 6. The molecule has 1 aliphatic heterocycles. The van der Waals surface area contributed by atoms with Crippen LogP contribution < -0.4 is 21.1 Å². The smallest absolute Gasteiger partial charge is 0.263 e. The monoisotopic (exact) mass is 540 g/mol. The van der Waals surface area contributed by atoms with Gasteiger partial charge in [0.05, 0.1) is 11.8 Å². The highest BCUT2D eigenvalue weighted by Crippen LogP contribution is 2.25. The predicted molar refractivity (Wildman–Crippen MR) is 155 cm³/mol. The zero-order valence-electron chi connectivity index (χ0n) is 22.8. The standard InChI is InChI=1S/C28H32N10O2/c1-35(2)12-13-38-25-19(14-22(27(38)39)26-33-23(17-36(26)3)24-16-30-18-40-24)15-31-28(34-25)32-20-4-6-21(7-5-20)37-10-8-29-9-11-37/h4-7,14-18,29H,8-13H2,1-3H3,(H,31,32,34). The normalized spacial score (nSPS) is 13.8.